The summed E-state index contributed by atoms with van der Waals surface area (Å²) in [7, 11) is 0. The van der Waals surface area contributed by atoms with Crippen molar-refractivity contribution in [3.63, 3.8) is 0 Å². The number of rotatable bonds is 3. The number of benzene rings is 1. The molecule has 0 aliphatic carbocycles. The lowest BCUT2D eigenvalue weighted by Crippen LogP contribution is -2.34. The quantitative estimate of drug-likeness (QED) is 0.841. The van der Waals surface area contributed by atoms with E-state index in [9.17, 15) is 9.18 Å². The van der Waals surface area contributed by atoms with Crippen molar-refractivity contribution in [2.24, 2.45) is 0 Å². The highest BCUT2D eigenvalue weighted by molar-refractivity contribution is 8.06. The molecule has 6 heteroatoms. The molecule has 1 aliphatic rings. The number of hydrogen-bond acceptors (Lipinski definition) is 4. The Kier molecular flexibility index (Phi) is 4.99. The predicted octanol–water partition coefficient (Wildman–Crippen LogP) is 2.29. The fourth-order valence-electron chi connectivity index (χ4n) is 1.92. The number of aryl methyl sites for hydroxylation is 1. The molecule has 3 N–H and O–H groups in total. The highest BCUT2D eigenvalue weighted by atomic mass is 32.2. The van der Waals surface area contributed by atoms with E-state index in [0.29, 0.717) is 23.0 Å². The second-order valence-electron chi connectivity index (χ2n) is 4.48. The molecule has 2 rings (SSSR count). The summed E-state index contributed by atoms with van der Waals surface area (Å²) in [4.78, 5) is 12.0. The molecule has 1 heterocycles. The zero-order valence-corrected chi connectivity index (χ0v) is 12.4. The number of amides is 1. The summed E-state index contributed by atoms with van der Waals surface area (Å²) in [6.45, 7) is 2.18. The van der Waals surface area contributed by atoms with E-state index in [2.05, 4.69) is 5.32 Å². The minimum atomic E-state index is -0.489. The van der Waals surface area contributed by atoms with E-state index in [-0.39, 0.29) is 11.5 Å². The van der Waals surface area contributed by atoms with Crippen LogP contribution in [0.5, 0.6) is 0 Å². The molecule has 1 aromatic carbocycles. The molecule has 104 valence electrons. The number of nitrogen functional groups attached to an aromatic ring is 1. The summed E-state index contributed by atoms with van der Waals surface area (Å²) in [6.07, 6.45) is 0. The fourth-order valence-corrected chi connectivity index (χ4v) is 4.53. The van der Waals surface area contributed by atoms with Gasteiger partial charge in [0.2, 0.25) is 0 Å². The summed E-state index contributed by atoms with van der Waals surface area (Å²) in [5.74, 6) is 2.43. The molecule has 1 saturated heterocycles. The van der Waals surface area contributed by atoms with Gasteiger partial charge in [0.25, 0.3) is 5.91 Å². The molecular weight excluding hydrogens is 283 g/mol. The number of hydrogen-bond donors (Lipinski definition) is 2. The zero-order chi connectivity index (χ0) is 13.8. The van der Waals surface area contributed by atoms with E-state index < -0.39 is 5.82 Å². The summed E-state index contributed by atoms with van der Waals surface area (Å²) < 4.78 is 13.9. The van der Waals surface area contributed by atoms with E-state index >= 15 is 0 Å². The number of anilines is 1. The third kappa shape index (κ3) is 3.79. The predicted molar refractivity (Wildman–Crippen MR) is 81.5 cm³/mol. The molecule has 1 aliphatic heterocycles. The third-order valence-electron chi connectivity index (χ3n) is 2.90. The first-order valence-corrected chi connectivity index (χ1v) is 8.31. The van der Waals surface area contributed by atoms with Gasteiger partial charge in [0.05, 0.1) is 5.56 Å². The Labute approximate surface area is 120 Å². The second-order valence-corrected chi connectivity index (χ2v) is 7.04. The Morgan fingerprint density at radius 3 is 3.00 bits per heavy atom. The van der Waals surface area contributed by atoms with Crippen LogP contribution in [0, 0.1) is 12.7 Å². The van der Waals surface area contributed by atoms with Crippen molar-refractivity contribution in [2.45, 2.75) is 12.2 Å². The zero-order valence-electron chi connectivity index (χ0n) is 10.7. The molecule has 0 spiro atoms. The van der Waals surface area contributed by atoms with Crippen molar-refractivity contribution in [3.05, 3.63) is 29.1 Å². The Bertz CT molecular complexity index is 476. The van der Waals surface area contributed by atoms with Crippen LogP contribution in [0.1, 0.15) is 15.9 Å². The van der Waals surface area contributed by atoms with Gasteiger partial charge in [-0.3, -0.25) is 4.79 Å². The van der Waals surface area contributed by atoms with E-state index in [1.807, 2.05) is 23.5 Å². The van der Waals surface area contributed by atoms with Crippen molar-refractivity contribution in [2.75, 3.05) is 29.5 Å². The minimum absolute atomic E-state index is 0.0333. The molecule has 3 nitrogen and oxygen atoms in total. The molecule has 0 aromatic heterocycles. The van der Waals surface area contributed by atoms with Crippen molar-refractivity contribution in [1.29, 1.82) is 0 Å². The maximum absolute atomic E-state index is 13.9. The van der Waals surface area contributed by atoms with Gasteiger partial charge in [-0.2, -0.15) is 23.5 Å². The van der Waals surface area contributed by atoms with Crippen LogP contribution >= 0.6 is 23.5 Å². The molecule has 0 bridgehead atoms. The maximum atomic E-state index is 13.9. The van der Waals surface area contributed by atoms with Gasteiger partial charge in [-0.25, -0.2) is 4.39 Å². The van der Waals surface area contributed by atoms with Gasteiger partial charge in [0.1, 0.15) is 5.82 Å². The minimum Gasteiger partial charge on any atom is -0.399 e. The van der Waals surface area contributed by atoms with Crippen LogP contribution in [-0.4, -0.2) is 35.0 Å². The van der Waals surface area contributed by atoms with Gasteiger partial charge in [-0.15, -0.1) is 0 Å². The van der Waals surface area contributed by atoms with Gasteiger partial charge in [0.15, 0.2) is 0 Å². The Morgan fingerprint density at radius 1 is 1.53 bits per heavy atom. The van der Waals surface area contributed by atoms with Crippen LogP contribution in [0.25, 0.3) is 0 Å². The molecule has 1 amide bonds. The third-order valence-corrected chi connectivity index (χ3v) is 5.74. The first kappa shape index (κ1) is 14.5. The van der Waals surface area contributed by atoms with E-state index in [1.54, 1.807) is 6.92 Å². The lowest BCUT2D eigenvalue weighted by molar-refractivity contribution is 0.0950. The van der Waals surface area contributed by atoms with Gasteiger partial charge in [0, 0.05) is 34.7 Å². The van der Waals surface area contributed by atoms with E-state index in [0.717, 1.165) is 17.3 Å². The van der Waals surface area contributed by atoms with Crippen LogP contribution in [0.2, 0.25) is 0 Å². The van der Waals surface area contributed by atoms with Gasteiger partial charge >= 0.3 is 0 Å². The monoisotopic (exact) mass is 300 g/mol. The van der Waals surface area contributed by atoms with Crippen LogP contribution < -0.4 is 11.1 Å². The van der Waals surface area contributed by atoms with Crippen molar-refractivity contribution < 1.29 is 9.18 Å². The number of carbonyl (C=O) groups is 1. The normalized spacial score (nSPS) is 19.2. The molecule has 1 aromatic rings. The summed E-state index contributed by atoms with van der Waals surface area (Å²) in [6, 6.07) is 2.92. The number of nitrogens with one attached hydrogen (secondary N) is 1. The molecule has 1 atom stereocenters. The summed E-state index contributed by atoms with van der Waals surface area (Å²) in [5.41, 5.74) is 6.49. The van der Waals surface area contributed by atoms with Crippen molar-refractivity contribution in [1.82, 2.24) is 5.32 Å². The van der Waals surface area contributed by atoms with Crippen LogP contribution in [0.4, 0.5) is 10.1 Å². The fraction of sp³-hybridized carbons (Fsp3) is 0.462. The Hall–Kier alpha value is -0.880. The highest BCUT2D eigenvalue weighted by Gasteiger charge is 2.18. The molecule has 1 fully saturated rings. The smallest absolute Gasteiger partial charge is 0.254 e. The van der Waals surface area contributed by atoms with Crippen LogP contribution in [0.3, 0.4) is 0 Å². The molecule has 1 unspecified atom stereocenters. The standard InChI is InChI=1S/C13H17FN2OS2/c1-8-4-9(15)5-11(12(8)14)13(17)16-6-10-7-18-2-3-19-10/h4-5,10H,2-3,6-7,15H2,1H3,(H,16,17). The molecule has 19 heavy (non-hydrogen) atoms. The Balaban J connectivity index is 1.99. The highest BCUT2D eigenvalue weighted by Crippen LogP contribution is 2.23. The van der Waals surface area contributed by atoms with Crippen LogP contribution in [-0.2, 0) is 0 Å². The lowest BCUT2D eigenvalue weighted by Gasteiger charge is -2.21. The number of halogens is 1. The topological polar surface area (TPSA) is 55.1 Å². The summed E-state index contributed by atoms with van der Waals surface area (Å²) >= 11 is 3.75. The maximum Gasteiger partial charge on any atom is 0.254 e. The van der Waals surface area contributed by atoms with Crippen molar-refractivity contribution >= 4 is 35.1 Å². The van der Waals surface area contributed by atoms with Crippen LogP contribution in [0.15, 0.2) is 12.1 Å². The average Bonchev–Trinajstić information content (AvgIpc) is 2.41. The summed E-state index contributed by atoms with van der Waals surface area (Å²) in [5, 5.41) is 3.21. The molecule has 0 saturated carbocycles. The largest absolute Gasteiger partial charge is 0.399 e. The lowest BCUT2D eigenvalue weighted by atomic mass is 10.1. The second kappa shape index (κ2) is 6.52. The number of thioether (sulfide) groups is 2. The molecule has 0 radical (unpaired) electrons. The van der Waals surface area contributed by atoms with E-state index in [1.165, 1.54) is 12.1 Å². The SMILES string of the molecule is Cc1cc(N)cc(C(=O)NCC2CSCCS2)c1F. The number of carbonyl (C=O) groups excluding carboxylic acids is 1. The van der Waals surface area contributed by atoms with Gasteiger partial charge in [-0.1, -0.05) is 0 Å². The van der Waals surface area contributed by atoms with E-state index in [4.69, 9.17) is 5.73 Å². The van der Waals surface area contributed by atoms with Crippen molar-refractivity contribution in [3.8, 4) is 0 Å². The molecular formula is C13H17FN2OS2. The first-order valence-electron chi connectivity index (χ1n) is 6.11. The van der Waals surface area contributed by atoms with Gasteiger partial charge in [-0.05, 0) is 24.6 Å². The average molecular weight is 300 g/mol. The van der Waals surface area contributed by atoms with Gasteiger partial charge < -0.3 is 11.1 Å². The Morgan fingerprint density at radius 2 is 2.32 bits per heavy atom. The first-order chi connectivity index (χ1) is 9.08. The number of nitrogens with two attached hydrogens (primary N) is 1.